The molecule has 3 heterocycles. The van der Waals surface area contributed by atoms with Gasteiger partial charge in [0.05, 0.1) is 12.2 Å². The third-order valence-corrected chi connectivity index (χ3v) is 4.92. The number of aryl methyl sites for hydroxylation is 1. The number of carbonyl (C=O) groups excluding carboxylic acids is 4. The maximum absolute atomic E-state index is 12.6. The van der Waals surface area contributed by atoms with E-state index in [0.29, 0.717) is 5.82 Å². The predicted octanol–water partition coefficient (Wildman–Crippen LogP) is 2.76. The van der Waals surface area contributed by atoms with Crippen LogP contribution in [-0.2, 0) is 14.3 Å². The Hall–Kier alpha value is -3.69. The minimum absolute atomic E-state index is 0.0290. The van der Waals surface area contributed by atoms with Crippen LogP contribution in [0.1, 0.15) is 63.5 Å². The Bertz CT molecular complexity index is 1040. The normalized spacial score (nSPS) is 13.0. The molecule has 10 heteroatoms. The molecule has 0 radical (unpaired) electrons. The monoisotopic (exact) mass is 443 g/mol. The summed E-state index contributed by atoms with van der Waals surface area (Å²) in [6.45, 7) is 5.44. The van der Waals surface area contributed by atoms with Gasteiger partial charge in [0.2, 0.25) is 5.88 Å². The Morgan fingerprint density at radius 2 is 1.84 bits per heavy atom. The third-order valence-electron chi connectivity index (χ3n) is 4.92. The van der Waals surface area contributed by atoms with Crippen LogP contribution in [0.25, 0.3) is 0 Å². The molecule has 2 aromatic heterocycles. The molecule has 1 aliphatic rings. The lowest BCUT2D eigenvalue weighted by molar-refractivity contribution is -0.119. The number of nitrogens with zero attached hydrogens (tertiary/aromatic N) is 2. The topological polar surface area (TPSA) is 128 Å². The molecule has 10 nitrogen and oxygen atoms in total. The van der Waals surface area contributed by atoms with Gasteiger partial charge in [0.1, 0.15) is 22.7 Å². The highest BCUT2D eigenvalue weighted by Crippen LogP contribution is 2.28. The molecular formula is C22H25N3O7. The first kappa shape index (κ1) is 23.0. The second-order valence-electron chi connectivity index (χ2n) is 7.21. The van der Waals surface area contributed by atoms with E-state index in [1.165, 1.54) is 13.8 Å². The van der Waals surface area contributed by atoms with Gasteiger partial charge in [0.15, 0.2) is 12.4 Å². The van der Waals surface area contributed by atoms with Crippen molar-refractivity contribution < 1.29 is 33.1 Å². The van der Waals surface area contributed by atoms with Gasteiger partial charge in [-0.1, -0.05) is 0 Å². The average molecular weight is 443 g/mol. The number of rotatable bonds is 8. The Morgan fingerprint density at radius 1 is 1.12 bits per heavy atom. The van der Waals surface area contributed by atoms with E-state index in [4.69, 9.17) is 13.9 Å². The third kappa shape index (κ3) is 4.96. The van der Waals surface area contributed by atoms with E-state index in [1.807, 2.05) is 4.90 Å². The molecule has 0 spiro atoms. The van der Waals surface area contributed by atoms with E-state index in [2.05, 4.69) is 10.3 Å². The number of ketones is 1. The standard InChI is InChI=1S/C22H25N3O7/c1-4-30-22(29)18-17(13(2)26)14(3)32-20(18)24-16(27)12-31-21(28)15-8-7-9-23-19(15)25-10-5-6-11-25/h7-9H,4-6,10-12H2,1-3H3,(H,24,27). The van der Waals surface area contributed by atoms with Gasteiger partial charge in [-0.3, -0.25) is 14.9 Å². The van der Waals surface area contributed by atoms with Crippen LogP contribution in [-0.4, -0.2) is 54.9 Å². The fourth-order valence-corrected chi connectivity index (χ4v) is 3.56. The van der Waals surface area contributed by atoms with Crippen molar-refractivity contribution in [1.29, 1.82) is 0 Å². The highest BCUT2D eigenvalue weighted by Gasteiger charge is 2.29. The van der Waals surface area contributed by atoms with Crippen LogP contribution in [0.5, 0.6) is 0 Å². The van der Waals surface area contributed by atoms with Crippen LogP contribution in [0.15, 0.2) is 22.7 Å². The molecule has 0 bridgehead atoms. The zero-order chi connectivity index (χ0) is 23.3. The highest BCUT2D eigenvalue weighted by atomic mass is 16.5. The number of ether oxygens (including phenoxy) is 2. The zero-order valence-corrected chi connectivity index (χ0v) is 18.2. The molecule has 0 aliphatic carbocycles. The van der Waals surface area contributed by atoms with Crippen LogP contribution < -0.4 is 10.2 Å². The molecule has 0 saturated carbocycles. The molecule has 1 fully saturated rings. The van der Waals surface area contributed by atoms with E-state index >= 15 is 0 Å². The van der Waals surface area contributed by atoms with Crippen LogP contribution in [0.2, 0.25) is 0 Å². The van der Waals surface area contributed by atoms with Gasteiger partial charge in [-0.15, -0.1) is 0 Å². The maximum Gasteiger partial charge on any atom is 0.344 e. The van der Waals surface area contributed by atoms with Crippen molar-refractivity contribution in [3.05, 3.63) is 40.8 Å². The fourth-order valence-electron chi connectivity index (χ4n) is 3.56. The van der Waals surface area contributed by atoms with E-state index in [9.17, 15) is 19.2 Å². The van der Waals surface area contributed by atoms with Gasteiger partial charge < -0.3 is 18.8 Å². The average Bonchev–Trinajstić information content (AvgIpc) is 3.40. The van der Waals surface area contributed by atoms with Crippen molar-refractivity contribution >= 4 is 35.3 Å². The van der Waals surface area contributed by atoms with Crippen LogP contribution in [0, 0.1) is 6.92 Å². The van der Waals surface area contributed by atoms with E-state index in [1.54, 1.807) is 25.3 Å². The first-order valence-corrected chi connectivity index (χ1v) is 10.3. The maximum atomic E-state index is 12.6. The summed E-state index contributed by atoms with van der Waals surface area (Å²) in [4.78, 5) is 55.5. The van der Waals surface area contributed by atoms with Crippen molar-refractivity contribution in [3.63, 3.8) is 0 Å². The van der Waals surface area contributed by atoms with Gasteiger partial charge in [0.25, 0.3) is 5.91 Å². The number of furan rings is 1. The van der Waals surface area contributed by atoms with Gasteiger partial charge in [-0.05, 0) is 45.7 Å². The van der Waals surface area contributed by atoms with Crippen molar-refractivity contribution in [2.45, 2.75) is 33.6 Å². The number of Topliss-reactive ketones (excluding diaryl/α,β-unsaturated/α-hetero) is 1. The summed E-state index contributed by atoms with van der Waals surface area (Å²) < 4.78 is 15.5. The van der Waals surface area contributed by atoms with Crippen molar-refractivity contribution in [2.24, 2.45) is 0 Å². The largest absolute Gasteiger partial charge is 0.462 e. The van der Waals surface area contributed by atoms with Crippen molar-refractivity contribution in [1.82, 2.24) is 4.98 Å². The zero-order valence-electron chi connectivity index (χ0n) is 18.2. The summed E-state index contributed by atoms with van der Waals surface area (Å²) in [6.07, 6.45) is 3.63. The van der Waals surface area contributed by atoms with Crippen molar-refractivity contribution in [2.75, 3.05) is 36.5 Å². The number of hydrogen-bond acceptors (Lipinski definition) is 9. The molecule has 1 aliphatic heterocycles. The molecule has 32 heavy (non-hydrogen) atoms. The molecule has 1 amide bonds. The summed E-state index contributed by atoms with van der Waals surface area (Å²) in [6, 6.07) is 3.21. The molecule has 0 unspecified atom stereocenters. The molecule has 1 N–H and O–H groups in total. The lowest BCUT2D eigenvalue weighted by atomic mass is 10.1. The Balaban J connectivity index is 1.71. The number of amides is 1. The van der Waals surface area contributed by atoms with Crippen molar-refractivity contribution in [3.8, 4) is 0 Å². The number of anilines is 2. The lowest BCUT2D eigenvalue weighted by Crippen LogP contribution is -2.25. The molecule has 0 aromatic carbocycles. The number of nitrogens with one attached hydrogen (secondary N) is 1. The predicted molar refractivity (Wildman–Crippen MR) is 114 cm³/mol. The molecule has 1 saturated heterocycles. The molecule has 170 valence electrons. The molecule has 2 aromatic rings. The SMILES string of the molecule is CCOC(=O)c1c(NC(=O)COC(=O)c2cccnc2N2CCCC2)oc(C)c1C(C)=O. The van der Waals surface area contributed by atoms with E-state index in [-0.39, 0.29) is 34.9 Å². The number of pyridine rings is 1. The quantitative estimate of drug-likeness (QED) is 0.484. The minimum Gasteiger partial charge on any atom is -0.462 e. The van der Waals surface area contributed by atoms with Crippen LogP contribution >= 0.6 is 0 Å². The van der Waals surface area contributed by atoms with Gasteiger partial charge in [0, 0.05) is 19.3 Å². The molecule has 0 atom stereocenters. The summed E-state index contributed by atoms with van der Waals surface area (Å²) >= 11 is 0. The molecule has 3 rings (SSSR count). The first-order chi connectivity index (χ1) is 15.3. The fraction of sp³-hybridized carbons (Fsp3) is 0.409. The lowest BCUT2D eigenvalue weighted by Gasteiger charge is -2.18. The minimum atomic E-state index is -0.799. The number of hydrogen-bond donors (Lipinski definition) is 1. The Morgan fingerprint density at radius 3 is 2.50 bits per heavy atom. The second-order valence-corrected chi connectivity index (χ2v) is 7.21. The Kier molecular flexibility index (Phi) is 7.24. The van der Waals surface area contributed by atoms with Gasteiger partial charge in [-0.25, -0.2) is 14.6 Å². The number of esters is 2. The van der Waals surface area contributed by atoms with Crippen LogP contribution in [0.4, 0.5) is 11.7 Å². The van der Waals surface area contributed by atoms with E-state index < -0.39 is 30.2 Å². The Labute approximate surface area is 184 Å². The second kappa shape index (κ2) is 10.1. The highest BCUT2D eigenvalue weighted by molar-refractivity contribution is 6.11. The van der Waals surface area contributed by atoms with Crippen LogP contribution in [0.3, 0.4) is 0 Å². The first-order valence-electron chi connectivity index (χ1n) is 10.3. The summed E-state index contributed by atoms with van der Waals surface area (Å²) in [5.74, 6) is -2.18. The smallest absolute Gasteiger partial charge is 0.344 e. The number of carbonyl (C=O) groups is 4. The summed E-state index contributed by atoms with van der Waals surface area (Å²) in [5.41, 5.74) is 0.128. The van der Waals surface area contributed by atoms with E-state index in [0.717, 1.165) is 25.9 Å². The summed E-state index contributed by atoms with van der Waals surface area (Å²) in [7, 11) is 0. The number of aromatic nitrogens is 1. The molecular weight excluding hydrogens is 418 g/mol. The van der Waals surface area contributed by atoms with Gasteiger partial charge in [-0.2, -0.15) is 0 Å². The van der Waals surface area contributed by atoms with Gasteiger partial charge >= 0.3 is 11.9 Å². The summed E-state index contributed by atoms with van der Waals surface area (Å²) in [5, 5.41) is 2.38.